The largest absolute Gasteiger partial charge is 0.462 e. The summed E-state index contributed by atoms with van der Waals surface area (Å²) in [5, 5.41) is 0. The van der Waals surface area contributed by atoms with Gasteiger partial charge in [-0.1, -0.05) is 0 Å². The van der Waals surface area contributed by atoms with Crippen molar-refractivity contribution in [1.82, 2.24) is 0 Å². The Morgan fingerprint density at radius 2 is 2.06 bits per heavy atom. The summed E-state index contributed by atoms with van der Waals surface area (Å²) in [6.07, 6.45) is -4.40. The van der Waals surface area contributed by atoms with Crippen LogP contribution in [0.1, 0.15) is 22.8 Å². The topological polar surface area (TPSA) is 26.3 Å². The van der Waals surface area contributed by atoms with Crippen LogP contribution in [0.4, 0.5) is 13.2 Å². The third kappa shape index (κ3) is 3.10. The van der Waals surface area contributed by atoms with Crippen molar-refractivity contribution in [3.8, 4) is 0 Å². The Kier molecular flexibility index (Phi) is 4.17. The molecule has 1 rings (SSSR count). The Balaban J connectivity index is 3.05. The molecular formula is C10H8F3IO2. The van der Waals surface area contributed by atoms with E-state index < -0.39 is 17.7 Å². The van der Waals surface area contributed by atoms with E-state index in [2.05, 4.69) is 0 Å². The Morgan fingerprint density at radius 1 is 1.44 bits per heavy atom. The predicted octanol–water partition coefficient (Wildman–Crippen LogP) is 3.49. The zero-order valence-electron chi connectivity index (χ0n) is 8.27. The van der Waals surface area contributed by atoms with Gasteiger partial charge in [-0.05, 0) is 47.7 Å². The number of ether oxygens (including phenoxy) is 1. The Morgan fingerprint density at radius 3 is 2.50 bits per heavy atom. The van der Waals surface area contributed by atoms with Crippen molar-refractivity contribution >= 4 is 28.6 Å². The zero-order chi connectivity index (χ0) is 12.3. The molecule has 0 aromatic heterocycles. The van der Waals surface area contributed by atoms with Crippen LogP contribution in [-0.2, 0) is 10.9 Å². The summed E-state index contributed by atoms with van der Waals surface area (Å²) < 4.78 is 41.9. The van der Waals surface area contributed by atoms with Gasteiger partial charge in [0.1, 0.15) is 0 Å². The number of hydrogen-bond acceptors (Lipinski definition) is 2. The number of rotatable bonds is 2. The van der Waals surface area contributed by atoms with Crippen molar-refractivity contribution in [2.75, 3.05) is 6.61 Å². The van der Waals surface area contributed by atoms with E-state index in [1.54, 1.807) is 29.5 Å². The van der Waals surface area contributed by atoms with E-state index >= 15 is 0 Å². The lowest BCUT2D eigenvalue weighted by Gasteiger charge is -2.09. The van der Waals surface area contributed by atoms with Crippen molar-refractivity contribution in [1.29, 1.82) is 0 Å². The lowest BCUT2D eigenvalue weighted by Crippen LogP contribution is -2.10. The first-order valence-electron chi connectivity index (χ1n) is 4.40. The molecule has 0 saturated carbocycles. The Hall–Kier alpha value is -0.790. The Bertz CT molecular complexity index is 402. The fraction of sp³-hybridized carbons (Fsp3) is 0.300. The molecule has 1 aromatic carbocycles. The van der Waals surface area contributed by atoms with Crippen molar-refractivity contribution < 1.29 is 22.7 Å². The van der Waals surface area contributed by atoms with Crippen LogP contribution >= 0.6 is 22.6 Å². The number of esters is 1. The number of benzene rings is 1. The van der Waals surface area contributed by atoms with E-state index in [0.717, 1.165) is 18.2 Å². The van der Waals surface area contributed by atoms with Gasteiger partial charge in [0.15, 0.2) is 0 Å². The number of alkyl halides is 3. The second-order valence-corrected chi connectivity index (χ2v) is 4.08. The molecule has 0 N–H and O–H groups in total. The summed E-state index contributed by atoms with van der Waals surface area (Å²) >= 11 is 1.68. The maximum Gasteiger partial charge on any atom is 0.416 e. The van der Waals surface area contributed by atoms with Crippen LogP contribution in [0.25, 0.3) is 0 Å². The Labute approximate surface area is 104 Å². The highest BCUT2D eigenvalue weighted by atomic mass is 127. The van der Waals surface area contributed by atoms with Crippen molar-refractivity contribution in [2.45, 2.75) is 13.1 Å². The maximum absolute atomic E-state index is 12.3. The predicted molar refractivity (Wildman–Crippen MR) is 60.1 cm³/mol. The van der Waals surface area contributed by atoms with Crippen LogP contribution in [0.2, 0.25) is 0 Å². The molecule has 2 nitrogen and oxygen atoms in total. The molecule has 6 heteroatoms. The molecule has 0 aliphatic carbocycles. The van der Waals surface area contributed by atoms with Crippen LogP contribution in [-0.4, -0.2) is 12.6 Å². The first-order chi connectivity index (χ1) is 7.36. The van der Waals surface area contributed by atoms with Gasteiger partial charge in [0.25, 0.3) is 0 Å². The second-order valence-electron chi connectivity index (χ2n) is 2.91. The summed E-state index contributed by atoms with van der Waals surface area (Å²) in [7, 11) is 0. The number of hydrogen-bond donors (Lipinski definition) is 0. The fourth-order valence-corrected chi connectivity index (χ4v) is 1.80. The summed E-state index contributed by atoms with van der Waals surface area (Å²) in [5.74, 6) is -0.611. The van der Waals surface area contributed by atoms with Gasteiger partial charge in [-0.3, -0.25) is 0 Å². The van der Waals surface area contributed by atoms with E-state index in [0.29, 0.717) is 0 Å². The molecule has 0 aliphatic heterocycles. The minimum atomic E-state index is -4.40. The molecule has 1 aromatic rings. The highest BCUT2D eigenvalue weighted by Crippen LogP contribution is 2.31. The molecule has 0 fully saturated rings. The van der Waals surface area contributed by atoms with Gasteiger partial charge in [0, 0.05) is 3.57 Å². The summed E-state index contributed by atoms with van der Waals surface area (Å²) in [4.78, 5) is 11.3. The average molecular weight is 344 g/mol. The third-order valence-corrected chi connectivity index (χ3v) is 2.68. The minimum Gasteiger partial charge on any atom is -0.462 e. The molecule has 0 amide bonds. The van der Waals surface area contributed by atoms with Crippen molar-refractivity contribution in [2.24, 2.45) is 0 Å². The van der Waals surface area contributed by atoms with Crippen LogP contribution in [0.5, 0.6) is 0 Å². The molecule has 88 valence electrons. The average Bonchev–Trinajstić information content (AvgIpc) is 2.16. The van der Waals surface area contributed by atoms with Crippen molar-refractivity contribution in [3.05, 3.63) is 32.9 Å². The summed E-state index contributed by atoms with van der Waals surface area (Å²) in [6.45, 7) is 1.82. The van der Waals surface area contributed by atoms with Gasteiger partial charge in [0.05, 0.1) is 17.7 Å². The van der Waals surface area contributed by atoms with E-state index in [1.165, 1.54) is 0 Å². The number of halogens is 4. The summed E-state index contributed by atoms with van der Waals surface area (Å²) in [5.41, 5.74) is -0.625. The van der Waals surface area contributed by atoms with Gasteiger partial charge in [0.2, 0.25) is 0 Å². The first-order valence-corrected chi connectivity index (χ1v) is 5.48. The lowest BCUT2D eigenvalue weighted by molar-refractivity contribution is -0.137. The first kappa shape index (κ1) is 13.3. The molecule has 0 saturated heterocycles. The highest BCUT2D eigenvalue weighted by Gasteiger charge is 2.31. The molecule has 0 atom stereocenters. The van der Waals surface area contributed by atoms with Gasteiger partial charge < -0.3 is 4.74 Å². The van der Waals surface area contributed by atoms with E-state index in [1.807, 2.05) is 0 Å². The van der Waals surface area contributed by atoms with Gasteiger partial charge >= 0.3 is 12.1 Å². The van der Waals surface area contributed by atoms with Crippen LogP contribution in [0.15, 0.2) is 18.2 Å². The van der Waals surface area contributed by atoms with Gasteiger partial charge in [-0.2, -0.15) is 13.2 Å². The van der Waals surface area contributed by atoms with Gasteiger partial charge in [-0.25, -0.2) is 4.79 Å². The zero-order valence-corrected chi connectivity index (χ0v) is 10.4. The molecule has 0 bridgehead atoms. The van der Waals surface area contributed by atoms with Crippen molar-refractivity contribution in [3.63, 3.8) is 0 Å². The monoisotopic (exact) mass is 344 g/mol. The quantitative estimate of drug-likeness (QED) is 0.607. The molecular weight excluding hydrogens is 336 g/mol. The van der Waals surface area contributed by atoms with E-state index in [-0.39, 0.29) is 15.7 Å². The number of carbonyl (C=O) groups is 1. The molecule has 0 aliphatic rings. The molecule has 0 heterocycles. The standard InChI is InChI=1S/C10H8F3IO2/c1-2-16-9(15)7-4-3-6(5-8(7)14)10(11,12)13/h3-5H,2H2,1H3. The molecule has 16 heavy (non-hydrogen) atoms. The van der Waals surface area contributed by atoms with E-state index in [4.69, 9.17) is 4.74 Å². The fourth-order valence-electron chi connectivity index (χ4n) is 1.07. The SMILES string of the molecule is CCOC(=O)c1ccc(C(F)(F)F)cc1I. The lowest BCUT2D eigenvalue weighted by atomic mass is 10.1. The molecule has 0 spiro atoms. The number of carbonyl (C=O) groups excluding carboxylic acids is 1. The maximum atomic E-state index is 12.3. The van der Waals surface area contributed by atoms with E-state index in [9.17, 15) is 18.0 Å². The molecule has 0 radical (unpaired) electrons. The second kappa shape index (κ2) is 5.03. The normalized spacial score (nSPS) is 11.3. The summed E-state index contributed by atoms with van der Waals surface area (Å²) in [6, 6.07) is 2.92. The van der Waals surface area contributed by atoms with Crippen LogP contribution in [0, 0.1) is 3.57 Å². The van der Waals surface area contributed by atoms with Crippen LogP contribution < -0.4 is 0 Å². The smallest absolute Gasteiger partial charge is 0.416 e. The van der Waals surface area contributed by atoms with Crippen LogP contribution in [0.3, 0.4) is 0 Å². The molecule has 0 unspecified atom stereocenters. The van der Waals surface area contributed by atoms with Gasteiger partial charge in [-0.15, -0.1) is 0 Å². The third-order valence-electron chi connectivity index (χ3n) is 1.79. The minimum absolute atomic E-state index is 0.149. The highest BCUT2D eigenvalue weighted by molar-refractivity contribution is 14.1.